The maximum Gasteiger partial charge on any atom is 0.263 e. The van der Waals surface area contributed by atoms with Gasteiger partial charge >= 0.3 is 0 Å². The Kier molecular flexibility index (Phi) is 5.96. The molecule has 3 rings (SSSR count). The number of pyridine rings is 1. The molecule has 0 aliphatic heterocycles. The minimum atomic E-state index is -3.92. The Balaban J connectivity index is 1.83. The van der Waals surface area contributed by atoms with Gasteiger partial charge in [-0.15, -0.1) is 0 Å². The maximum atomic E-state index is 12.7. The van der Waals surface area contributed by atoms with Crippen LogP contribution in [0.4, 0.5) is 5.69 Å². The molecule has 0 saturated heterocycles. The van der Waals surface area contributed by atoms with Gasteiger partial charge in [0.15, 0.2) is 0 Å². The van der Waals surface area contributed by atoms with Gasteiger partial charge in [0, 0.05) is 6.20 Å². The molecule has 0 spiro atoms. The maximum absolute atomic E-state index is 12.7. The van der Waals surface area contributed by atoms with E-state index in [0.717, 1.165) is 11.8 Å². The lowest BCUT2D eigenvalue weighted by Crippen LogP contribution is -2.28. The summed E-state index contributed by atoms with van der Waals surface area (Å²) in [7, 11) is -3.92. The Hall–Kier alpha value is -2.90. The Morgan fingerprint density at radius 3 is 2.36 bits per heavy atom. The van der Waals surface area contributed by atoms with Gasteiger partial charge < -0.3 is 5.32 Å². The molecule has 0 aliphatic rings. The Labute approximate surface area is 168 Å². The van der Waals surface area contributed by atoms with Gasteiger partial charge in [-0.1, -0.05) is 54.1 Å². The quantitative estimate of drug-likeness (QED) is 0.595. The first-order valence-electron chi connectivity index (χ1n) is 8.46. The van der Waals surface area contributed by atoms with E-state index in [9.17, 15) is 13.2 Å². The number of rotatable bonds is 6. The molecule has 1 aromatic heterocycles. The average Bonchev–Trinajstić information content (AvgIpc) is 2.69. The van der Waals surface area contributed by atoms with Crippen molar-refractivity contribution in [2.45, 2.75) is 17.9 Å². The lowest BCUT2D eigenvalue weighted by molar-refractivity contribution is 0.0941. The van der Waals surface area contributed by atoms with Crippen LogP contribution in [0, 0.1) is 0 Å². The first kappa shape index (κ1) is 19.9. The largest absolute Gasteiger partial charge is 0.345 e. The second kappa shape index (κ2) is 8.41. The first-order valence-corrected chi connectivity index (χ1v) is 10.3. The molecular formula is C20H18ClN3O3S. The number of benzene rings is 2. The standard InChI is InChI=1S/C20H18ClN3O3S/c1-14(15-7-3-2-4-8-15)23-20(25)17-9-5-6-10-18(17)24-28(26,27)16-11-12-19(21)22-13-16/h2-14,24H,1H3,(H,23,25)/t14-/m0/s1. The van der Waals surface area contributed by atoms with Crippen molar-refractivity contribution in [1.29, 1.82) is 0 Å². The number of aromatic nitrogens is 1. The van der Waals surface area contributed by atoms with Crippen LogP contribution in [-0.4, -0.2) is 19.3 Å². The summed E-state index contributed by atoms with van der Waals surface area (Å²) in [4.78, 5) is 16.5. The summed E-state index contributed by atoms with van der Waals surface area (Å²) < 4.78 is 27.7. The number of carbonyl (C=O) groups is 1. The molecule has 0 fully saturated rings. The highest BCUT2D eigenvalue weighted by molar-refractivity contribution is 7.92. The van der Waals surface area contributed by atoms with E-state index < -0.39 is 10.0 Å². The van der Waals surface area contributed by atoms with Crippen LogP contribution in [-0.2, 0) is 10.0 Å². The zero-order chi connectivity index (χ0) is 20.1. The zero-order valence-corrected chi connectivity index (χ0v) is 16.5. The molecule has 1 amide bonds. The number of amides is 1. The molecule has 0 radical (unpaired) electrons. The van der Waals surface area contributed by atoms with E-state index >= 15 is 0 Å². The highest BCUT2D eigenvalue weighted by Crippen LogP contribution is 2.21. The summed E-state index contributed by atoms with van der Waals surface area (Å²) in [6, 6.07) is 18.4. The predicted molar refractivity (Wildman–Crippen MR) is 109 cm³/mol. The van der Waals surface area contributed by atoms with Crippen LogP contribution in [0.2, 0.25) is 5.15 Å². The summed E-state index contributed by atoms with van der Waals surface area (Å²) >= 11 is 5.71. The average molecular weight is 416 g/mol. The number of nitrogens with one attached hydrogen (secondary N) is 2. The molecule has 28 heavy (non-hydrogen) atoms. The fourth-order valence-corrected chi connectivity index (χ4v) is 3.73. The first-order chi connectivity index (χ1) is 13.4. The van der Waals surface area contributed by atoms with Crippen LogP contribution in [0.3, 0.4) is 0 Å². The van der Waals surface area contributed by atoms with Crippen molar-refractivity contribution in [2.75, 3.05) is 4.72 Å². The number of nitrogens with zero attached hydrogens (tertiary/aromatic N) is 1. The van der Waals surface area contributed by atoms with Gasteiger partial charge in [-0.2, -0.15) is 0 Å². The Morgan fingerprint density at radius 2 is 1.68 bits per heavy atom. The van der Waals surface area contributed by atoms with Gasteiger partial charge in [0.05, 0.1) is 17.3 Å². The number of para-hydroxylation sites is 1. The molecule has 2 aromatic carbocycles. The molecule has 144 valence electrons. The van der Waals surface area contributed by atoms with Gasteiger partial charge in [0.25, 0.3) is 15.9 Å². The van der Waals surface area contributed by atoms with E-state index in [4.69, 9.17) is 11.6 Å². The van der Waals surface area contributed by atoms with Gasteiger partial charge in [-0.25, -0.2) is 13.4 Å². The van der Waals surface area contributed by atoms with E-state index in [1.807, 2.05) is 37.3 Å². The molecular weight excluding hydrogens is 398 g/mol. The molecule has 0 aliphatic carbocycles. The second-order valence-electron chi connectivity index (χ2n) is 6.07. The number of hydrogen-bond donors (Lipinski definition) is 2. The van der Waals surface area contributed by atoms with Crippen molar-refractivity contribution in [1.82, 2.24) is 10.3 Å². The van der Waals surface area contributed by atoms with E-state index in [-0.39, 0.29) is 33.2 Å². The molecule has 1 atom stereocenters. The van der Waals surface area contributed by atoms with E-state index in [0.29, 0.717) is 0 Å². The molecule has 2 N–H and O–H groups in total. The third-order valence-electron chi connectivity index (χ3n) is 4.07. The monoisotopic (exact) mass is 415 g/mol. The number of anilines is 1. The number of hydrogen-bond acceptors (Lipinski definition) is 4. The number of halogens is 1. The van der Waals surface area contributed by atoms with Crippen LogP contribution in [0.15, 0.2) is 77.8 Å². The SMILES string of the molecule is C[C@H](NC(=O)c1ccccc1NS(=O)(=O)c1ccc(Cl)nc1)c1ccccc1. The fourth-order valence-electron chi connectivity index (χ4n) is 2.59. The molecule has 8 heteroatoms. The zero-order valence-electron chi connectivity index (χ0n) is 15.0. The van der Waals surface area contributed by atoms with Crippen molar-refractivity contribution in [2.24, 2.45) is 0 Å². The topological polar surface area (TPSA) is 88.2 Å². The van der Waals surface area contributed by atoms with Crippen LogP contribution in [0.25, 0.3) is 0 Å². The van der Waals surface area contributed by atoms with E-state index in [1.165, 1.54) is 18.2 Å². The van der Waals surface area contributed by atoms with Gasteiger partial charge in [0.2, 0.25) is 0 Å². The van der Waals surface area contributed by atoms with Gasteiger partial charge in [-0.05, 0) is 36.8 Å². The molecule has 0 saturated carbocycles. The van der Waals surface area contributed by atoms with Crippen molar-refractivity contribution < 1.29 is 13.2 Å². The van der Waals surface area contributed by atoms with E-state index in [2.05, 4.69) is 15.0 Å². The predicted octanol–water partition coefficient (Wildman–Crippen LogP) is 4.03. The van der Waals surface area contributed by atoms with Crippen LogP contribution < -0.4 is 10.0 Å². The second-order valence-corrected chi connectivity index (χ2v) is 8.14. The smallest absolute Gasteiger partial charge is 0.263 e. The Morgan fingerprint density at radius 1 is 1.00 bits per heavy atom. The van der Waals surface area contributed by atoms with Crippen molar-refractivity contribution in [3.8, 4) is 0 Å². The summed E-state index contributed by atoms with van der Waals surface area (Å²) in [5.74, 6) is -0.385. The molecule has 0 bridgehead atoms. The van der Waals surface area contributed by atoms with Crippen LogP contribution >= 0.6 is 11.6 Å². The lowest BCUT2D eigenvalue weighted by atomic mass is 10.1. The van der Waals surface area contributed by atoms with Crippen molar-refractivity contribution in [3.63, 3.8) is 0 Å². The highest BCUT2D eigenvalue weighted by Gasteiger charge is 2.20. The summed E-state index contributed by atoms with van der Waals surface area (Å²) in [6.45, 7) is 1.86. The van der Waals surface area contributed by atoms with Gasteiger partial charge in [-0.3, -0.25) is 9.52 Å². The van der Waals surface area contributed by atoms with Crippen LogP contribution in [0.1, 0.15) is 28.9 Å². The minimum absolute atomic E-state index is 0.0511. The number of sulfonamides is 1. The molecule has 3 aromatic rings. The van der Waals surface area contributed by atoms with Crippen LogP contribution in [0.5, 0.6) is 0 Å². The van der Waals surface area contributed by atoms with Crippen molar-refractivity contribution >= 4 is 33.2 Å². The number of carbonyl (C=O) groups excluding carboxylic acids is 1. The van der Waals surface area contributed by atoms with E-state index in [1.54, 1.807) is 18.2 Å². The third kappa shape index (κ3) is 4.68. The fraction of sp³-hybridized carbons (Fsp3) is 0.100. The minimum Gasteiger partial charge on any atom is -0.345 e. The summed E-state index contributed by atoms with van der Waals surface area (Å²) in [5.41, 5.74) is 1.34. The lowest BCUT2D eigenvalue weighted by Gasteiger charge is -2.17. The highest BCUT2D eigenvalue weighted by atomic mass is 35.5. The Bertz CT molecular complexity index is 1070. The van der Waals surface area contributed by atoms with Gasteiger partial charge in [0.1, 0.15) is 10.0 Å². The normalized spacial score (nSPS) is 12.2. The summed E-state index contributed by atoms with van der Waals surface area (Å²) in [6.07, 6.45) is 1.16. The van der Waals surface area contributed by atoms with Crippen molar-refractivity contribution in [3.05, 3.63) is 89.2 Å². The molecule has 1 heterocycles. The molecule has 0 unspecified atom stereocenters. The summed E-state index contributed by atoms with van der Waals surface area (Å²) in [5, 5.41) is 3.07. The molecule has 6 nitrogen and oxygen atoms in total. The third-order valence-corrected chi connectivity index (χ3v) is 5.65.